The van der Waals surface area contributed by atoms with Crippen molar-refractivity contribution in [2.24, 2.45) is 0 Å². The van der Waals surface area contributed by atoms with Crippen molar-refractivity contribution in [3.8, 4) is 0 Å². The molecule has 0 bridgehead atoms. The molecule has 0 radical (unpaired) electrons. The van der Waals surface area contributed by atoms with Gasteiger partial charge in [-0.05, 0) is 30.3 Å². The first kappa shape index (κ1) is 18.2. The van der Waals surface area contributed by atoms with E-state index in [1.807, 2.05) is 6.07 Å². The lowest BCUT2D eigenvalue weighted by Crippen LogP contribution is -2.10. The van der Waals surface area contributed by atoms with Gasteiger partial charge >= 0.3 is 0 Å². The number of hydrogen-bond acceptors (Lipinski definition) is 5. The summed E-state index contributed by atoms with van der Waals surface area (Å²) in [7, 11) is 0. The molecule has 0 aliphatic heterocycles. The van der Waals surface area contributed by atoms with Crippen LogP contribution in [0.5, 0.6) is 0 Å². The van der Waals surface area contributed by atoms with E-state index in [0.29, 0.717) is 25.7 Å². The lowest BCUT2D eigenvalue weighted by molar-refractivity contribution is -0.114. The molecule has 0 aliphatic rings. The van der Waals surface area contributed by atoms with Gasteiger partial charge in [-0.15, -0.1) is 11.3 Å². The molecule has 2 N–H and O–H groups in total. The Labute approximate surface area is 171 Å². The smallest absolute Gasteiger partial charge is 0.269 e. The number of anilines is 2. The average molecular weight is 436 g/mol. The predicted molar refractivity (Wildman–Crippen MR) is 114 cm³/mol. The van der Waals surface area contributed by atoms with Gasteiger partial charge in [0.25, 0.3) is 5.91 Å². The van der Waals surface area contributed by atoms with Crippen molar-refractivity contribution >= 4 is 88.8 Å². The Morgan fingerprint density at radius 2 is 1.81 bits per heavy atom. The molecule has 27 heavy (non-hydrogen) atoms. The lowest BCUT2D eigenvalue weighted by atomic mass is 10.2. The number of halogens is 2. The molecule has 0 fully saturated rings. The number of fused-ring (bicyclic) bond motifs is 2. The minimum absolute atomic E-state index is 0.146. The summed E-state index contributed by atoms with van der Waals surface area (Å²) in [5, 5.41) is 7.77. The maximum Gasteiger partial charge on any atom is 0.269 e. The Balaban J connectivity index is 1.62. The van der Waals surface area contributed by atoms with Gasteiger partial charge < -0.3 is 5.32 Å². The molecule has 136 valence electrons. The highest BCUT2D eigenvalue weighted by Gasteiger charge is 2.19. The summed E-state index contributed by atoms with van der Waals surface area (Å²) in [6.07, 6.45) is 0. The van der Waals surface area contributed by atoms with Crippen molar-refractivity contribution in [3.05, 3.63) is 51.3 Å². The van der Waals surface area contributed by atoms with E-state index in [-0.39, 0.29) is 11.8 Å². The van der Waals surface area contributed by atoms with E-state index in [0.717, 1.165) is 20.3 Å². The fourth-order valence-corrected chi connectivity index (χ4v) is 5.19. The maximum atomic E-state index is 12.7. The van der Waals surface area contributed by atoms with Gasteiger partial charge in [0, 0.05) is 27.7 Å². The number of nitrogens with zero attached hydrogens (tertiary/aromatic N) is 1. The summed E-state index contributed by atoms with van der Waals surface area (Å²) in [5.41, 5.74) is 1.42. The molecule has 0 saturated heterocycles. The Bertz CT molecular complexity index is 1220. The van der Waals surface area contributed by atoms with E-state index in [1.165, 1.54) is 29.6 Å². The quantitative estimate of drug-likeness (QED) is 0.412. The highest BCUT2D eigenvalue weighted by Crippen LogP contribution is 2.37. The second kappa shape index (κ2) is 7.09. The molecule has 2 amide bonds. The number of thiophene rings is 1. The standard InChI is InChI=1S/C18H11Cl2N3O2S2/c1-8(24)21-10-3-5-12-14(7-10)27-18(22-12)23-17(25)16-15(20)11-4-2-9(19)6-13(11)26-16/h2-7H,1H3,(H,21,24)(H,22,23,25). The number of rotatable bonds is 3. The molecular weight excluding hydrogens is 425 g/mol. The monoisotopic (exact) mass is 435 g/mol. The van der Waals surface area contributed by atoms with Crippen LogP contribution in [0.2, 0.25) is 10.0 Å². The first-order valence-corrected chi connectivity index (χ1v) is 10.2. The maximum absolute atomic E-state index is 12.7. The van der Waals surface area contributed by atoms with E-state index < -0.39 is 0 Å². The van der Waals surface area contributed by atoms with Gasteiger partial charge in [0.05, 0.1) is 15.2 Å². The third-order valence-electron chi connectivity index (χ3n) is 3.73. The highest BCUT2D eigenvalue weighted by molar-refractivity contribution is 7.23. The zero-order chi connectivity index (χ0) is 19.1. The van der Waals surface area contributed by atoms with Crippen LogP contribution in [0.4, 0.5) is 10.8 Å². The Morgan fingerprint density at radius 3 is 2.59 bits per heavy atom. The van der Waals surface area contributed by atoms with E-state index in [2.05, 4.69) is 15.6 Å². The number of carbonyl (C=O) groups excluding carboxylic acids is 2. The summed E-state index contributed by atoms with van der Waals surface area (Å²) >= 11 is 15.0. The van der Waals surface area contributed by atoms with Crippen LogP contribution < -0.4 is 10.6 Å². The third kappa shape index (κ3) is 3.64. The summed E-state index contributed by atoms with van der Waals surface area (Å²) < 4.78 is 1.70. The number of nitrogens with one attached hydrogen (secondary N) is 2. The average Bonchev–Trinajstić information content (AvgIpc) is 3.14. The topological polar surface area (TPSA) is 71.1 Å². The molecular formula is C18H11Cl2N3O2S2. The molecule has 4 rings (SSSR count). The summed E-state index contributed by atoms with van der Waals surface area (Å²) in [6.45, 7) is 1.45. The first-order valence-electron chi connectivity index (χ1n) is 7.78. The van der Waals surface area contributed by atoms with E-state index in [4.69, 9.17) is 23.2 Å². The van der Waals surface area contributed by atoms with Crippen LogP contribution in [-0.4, -0.2) is 16.8 Å². The van der Waals surface area contributed by atoms with Gasteiger partial charge in [-0.1, -0.05) is 40.6 Å². The van der Waals surface area contributed by atoms with Crippen LogP contribution in [0.15, 0.2) is 36.4 Å². The largest absolute Gasteiger partial charge is 0.326 e. The predicted octanol–water partition coefficient (Wildman–Crippen LogP) is 6.03. The van der Waals surface area contributed by atoms with Crippen LogP contribution in [0, 0.1) is 0 Å². The summed E-state index contributed by atoms with van der Waals surface area (Å²) in [6, 6.07) is 10.7. The van der Waals surface area contributed by atoms with E-state index in [1.54, 1.807) is 30.3 Å². The molecule has 2 heterocycles. The SMILES string of the molecule is CC(=O)Nc1ccc2nc(NC(=O)c3sc4cc(Cl)ccc4c3Cl)sc2c1. The summed E-state index contributed by atoms with van der Waals surface area (Å²) in [5.74, 6) is -0.467. The third-order valence-corrected chi connectivity index (χ3v) is 6.55. The van der Waals surface area contributed by atoms with Gasteiger partial charge in [-0.2, -0.15) is 0 Å². The zero-order valence-corrected chi connectivity index (χ0v) is 16.9. The zero-order valence-electron chi connectivity index (χ0n) is 13.8. The number of benzene rings is 2. The van der Waals surface area contributed by atoms with Gasteiger partial charge in [-0.3, -0.25) is 14.9 Å². The first-order chi connectivity index (χ1) is 12.9. The van der Waals surface area contributed by atoms with Crippen LogP contribution in [-0.2, 0) is 4.79 Å². The summed E-state index contributed by atoms with van der Waals surface area (Å²) in [4.78, 5) is 28.7. The normalized spacial score (nSPS) is 11.1. The number of aromatic nitrogens is 1. The van der Waals surface area contributed by atoms with E-state index in [9.17, 15) is 9.59 Å². The second-order valence-electron chi connectivity index (χ2n) is 5.72. The van der Waals surface area contributed by atoms with Gasteiger partial charge in [0.15, 0.2) is 5.13 Å². The van der Waals surface area contributed by atoms with Crippen LogP contribution in [0.1, 0.15) is 16.6 Å². The molecule has 9 heteroatoms. The molecule has 0 unspecified atom stereocenters. The van der Waals surface area contributed by atoms with Crippen molar-refractivity contribution in [1.29, 1.82) is 0 Å². The number of amides is 2. The second-order valence-corrected chi connectivity index (χ2v) is 8.62. The molecule has 0 spiro atoms. The Hall–Kier alpha value is -2.19. The van der Waals surface area contributed by atoms with E-state index >= 15 is 0 Å². The van der Waals surface area contributed by atoms with Crippen molar-refractivity contribution in [3.63, 3.8) is 0 Å². The van der Waals surface area contributed by atoms with Gasteiger partial charge in [0.2, 0.25) is 5.91 Å². The minimum atomic E-state index is -0.321. The van der Waals surface area contributed by atoms with Crippen LogP contribution >= 0.6 is 45.9 Å². The molecule has 4 aromatic rings. The molecule has 0 aliphatic carbocycles. The van der Waals surface area contributed by atoms with Gasteiger partial charge in [-0.25, -0.2) is 4.98 Å². The number of thiazole rings is 1. The number of carbonyl (C=O) groups is 2. The number of hydrogen-bond donors (Lipinski definition) is 2. The fourth-order valence-electron chi connectivity index (χ4n) is 2.60. The molecule has 5 nitrogen and oxygen atoms in total. The van der Waals surface area contributed by atoms with Gasteiger partial charge in [0.1, 0.15) is 4.88 Å². The van der Waals surface area contributed by atoms with Crippen molar-refractivity contribution < 1.29 is 9.59 Å². The molecule has 0 atom stereocenters. The Kier molecular flexibility index (Phi) is 4.77. The van der Waals surface area contributed by atoms with Crippen molar-refractivity contribution in [2.45, 2.75) is 6.92 Å². The molecule has 2 aromatic heterocycles. The highest BCUT2D eigenvalue weighted by atomic mass is 35.5. The molecule has 2 aromatic carbocycles. The van der Waals surface area contributed by atoms with Crippen LogP contribution in [0.3, 0.4) is 0 Å². The van der Waals surface area contributed by atoms with Crippen molar-refractivity contribution in [2.75, 3.05) is 10.6 Å². The Morgan fingerprint density at radius 1 is 1.00 bits per heavy atom. The lowest BCUT2D eigenvalue weighted by Gasteiger charge is -1.99. The fraction of sp³-hybridized carbons (Fsp3) is 0.0556. The minimum Gasteiger partial charge on any atom is -0.326 e. The van der Waals surface area contributed by atoms with Crippen LogP contribution in [0.25, 0.3) is 20.3 Å². The van der Waals surface area contributed by atoms with Crippen molar-refractivity contribution in [1.82, 2.24) is 4.98 Å². The molecule has 0 saturated carbocycles.